The van der Waals surface area contributed by atoms with Crippen LogP contribution in [0.5, 0.6) is 5.75 Å². The Bertz CT molecular complexity index is 1080. The van der Waals surface area contributed by atoms with Crippen molar-refractivity contribution in [1.82, 2.24) is 9.62 Å². The molecular weight excluding hydrogens is 458 g/mol. The molecule has 33 heavy (non-hydrogen) atoms. The molecule has 2 N–H and O–H groups in total. The second-order valence-electron chi connectivity index (χ2n) is 7.95. The number of rotatable bonds is 10. The number of phenolic OH excluding ortho intramolecular Hbond substituents is 1. The highest BCUT2D eigenvalue weighted by atomic mass is 32.2. The summed E-state index contributed by atoms with van der Waals surface area (Å²) in [5.74, 6) is 0.779. The molecule has 0 bridgehead atoms. The summed E-state index contributed by atoms with van der Waals surface area (Å²) in [6, 6.07) is 13.7. The van der Waals surface area contributed by atoms with Crippen molar-refractivity contribution in [3.8, 4) is 5.75 Å². The maximum Gasteiger partial charge on any atom is 0.243 e. The zero-order valence-electron chi connectivity index (χ0n) is 19.0. The van der Waals surface area contributed by atoms with Gasteiger partial charge in [-0.1, -0.05) is 49.9 Å². The second-order valence-corrected chi connectivity index (χ2v) is 10.9. The van der Waals surface area contributed by atoms with Gasteiger partial charge in [0.05, 0.1) is 10.9 Å². The molecule has 1 unspecified atom stereocenters. The lowest BCUT2D eigenvalue weighted by Crippen LogP contribution is -2.32. The summed E-state index contributed by atoms with van der Waals surface area (Å²) < 4.78 is 27.3. The highest BCUT2D eigenvalue weighted by Crippen LogP contribution is 2.31. The molecule has 1 aliphatic heterocycles. The summed E-state index contributed by atoms with van der Waals surface area (Å²) in [5.41, 5.74) is 1.82. The van der Waals surface area contributed by atoms with Crippen molar-refractivity contribution < 1.29 is 18.3 Å². The van der Waals surface area contributed by atoms with E-state index in [4.69, 9.17) is 0 Å². The number of carbonyl (C=O) groups is 1. The Kier molecular flexibility index (Phi) is 8.94. The lowest BCUT2D eigenvalue weighted by molar-refractivity contribution is -0.119. The SMILES string of the molecule is CCCN(CCC)S(=O)(=O)c1ccc(CCC(=O)NC2=NC(c3cccc(O)c3)CS2)cc1. The van der Waals surface area contributed by atoms with E-state index in [1.54, 1.807) is 42.5 Å². The van der Waals surface area contributed by atoms with E-state index >= 15 is 0 Å². The first-order valence-electron chi connectivity index (χ1n) is 11.2. The fourth-order valence-corrected chi connectivity index (χ4v) is 6.21. The molecule has 9 heteroatoms. The van der Waals surface area contributed by atoms with E-state index in [1.807, 2.05) is 19.9 Å². The third-order valence-corrected chi connectivity index (χ3v) is 8.18. The van der Waals surface area contributed by atoms with Gasteiger partial charge in [-0.2, -0.15) is 4.31 Å². The molecule has 2 aromatic rings. The van der Waals surface area contributed by atoms with Crippen LogP contribution in [0, 0.1) is 0 Å². The van der Waals surface area contributed by atoms with E-state index in [2.05, 4.69) is 10.3 Å². The Morgan fingerprint density at radius 1 is 1.15 bits per heavy atom. The number of aliphatic imine (C=N–C) groups is 1. The average Bonchev–Trinajstić information content (AvgIpc) is 3.26. The first-order valence-corrected chi connectivity index (χ1v) is 13.6. The van der Waals surface area contributed by atoms with E-state index in [9.17, 15) is 18.3 Å². The van der Waals surface area contributed by atoms with Gasteiger partial charge in [-0.25, -0.2) is 8.42 Å². The normalized spacial score (nSPS) is 16.1. The molecule has 1 aliphatic rings. The summed E-state index contributed by atoms with van der Waals surface area (Å²) in [5, 5.41) is 13.1. The molecular formula is C24H31N3O4S2. The molecule has 2 aromatic carbocycles. The number of nitrogens with one attached hydrogen (secondary N) is 1. The summed E-state index contributed by atoms with van der Waals surface area (Å²) in [4.78, 5) is 17.2. The van der Waals surface area contributed by atoms with Crippen LogP contribution in [-0.2, 0) is 21.2 Å². The van der Waals surface area contributed by atoms with Crippen LogP contribution in [0.3, 0.4) is 0 Å². The largest absolute Gasteiger partial charge is 0.508 e. The van der Waals surface area contributed by atoms with Gasteiger partial charge in [-0.15, -0.1) is 0 Å². The highest BCUT2D eigenvalue weighted by Gasteiger charge is 2.23. The van der Waals surface area contributed by atoms with Crippen LogP contribution < -0.4 is 5.32 Å². The fourth-order valence-electron chi connectivity index (χ4n) is 3.61. The van der Waals surface area contributed by atoms with Crippen molar-refractivity contribution in [2.45, 2.75) is 50.5 Å². The van der Waals surface area contributed by atoms with Gasteiger partial charge in [0.1, 0.15) is 5.75 Å². The zero-order chi connectivity index (χ0) is 23.8. The van der Waals surface area contributed by atoms with E-state index in [-0.39, 0.29) is 29.0 Å². The summed E-state index contributed by atoms with van der Waals surface area (Å²) in [7, 11) is -3.50. The topological polar surface area (TPSA) is 99.1 Å². The van der Waals surface area contributed by atoms with Crippen molar-refractivity contribution >= 4 is 32.9 Å². The molecule has 0 spiro atoms. The highest BCUT2D eigenvalue weighted by molar-refractivity contribution is 8.14. The number of phenols is 1. The molecule has 0 saturated carbocycles. The molecule has 1 atom stereocenters. The number of hydrogen-bond donors (Lipinski definition) is 2. The number of aryl methyl sites for hydroxylation is 1. The molecule has 0 fully saturated rings. The number of sulfonamides is 1. The van der Waals surface area contributed by atoms with Crippen LogP contribution in [0.1, 0.15) is 50.3 Å². The molecule has 0 radical (unpaired) electrons. The Balaban J connectivity index is 1.54. The number of amidine groups is 1. The number of hydrogen-bond acceptors (Lipinski definition) is 6. The van der Waals surface area contributed by atoms with Gasteiger partial charge in [0.15, 0.2) is 5.17 Å². The van der Waals surface area contributed by atoms with Crippen molar-refractivity contribution in [3.05, 3.63) is 59.7 Å². The van der Waals surface area contributed by atoms with Crippen molar-refractivity contribution in [3.63, 3.8) is 0 Å². The molecule has 1 heterocycles. The molecule has 0 saturated heterocycles. The molecule has 3 rings (SSSR count). The maximum atomic E-state index is 12.9. The van der Waals surface area contributed by atoms with Gasteiger partial charge >= 0.3 is 0 Å². The van der Waals surface area contributed by atoms with Gasteiger partial charge < -0.3 is 10.4 Å². The fraction of sp³-hybridized carbons (Fsp3) is 0.417. The minimum absolute atomic E-state index is 0.0909. The molecule has 0 aliphatic carbocycles. The zero-order valence-corrected chi connectivity index (χ0v) is 20.7. The average molecular weight is 490 g/mol. The number of aromatic hydroxyl groups is 1. The first-order chi connectivity index (χ1) is 15.8. The van der Waals surface area contributed by atoms with Gasteiger partial charge in [-0.3, -0.25) is 9.79 Å². The van der Waals surface area contributed by atoms with Crippen molar-refractivity contribution in [2.75, 3.05) is 18.8 Å². The molecule has 178 valence electrons. The van der Waals surface area contributed by atoms with E-state index in [0.29, 0.717) is 30.4 Å². The van der Waals surface area contributed by atoms with Crippen molar-refractivity contribution in [2.24, 2.45) is 4.99 Å². The van der Waals surface area contributed by atoms with Gasteiger partial charge in [-0.05, 0) is 54.7 Å². The predicted molar refractivity (Wildman–Crippen MR) is 133 cm³/mol. The van der Waals surface area contributed by atoms with Crippen LogP contribution in [0.25, 0.3) is 0 Å². The second kappa shape index (κ2) is 11.7. The Labute approximate surface area is 200 Å². The Hall–Kier alpha value is -2.36. The number of nitrogens with zero attached hydrogens (tertiary/aromatic N) is 2. The standard InChI is InChI=1S/C24H31N3O4S2/c1-3-14-27(15-4-2)33(30,31)21-11-8-18(9-12-21)10-13-23(29)26-24-25-22(17-32-24)19-6-5-7-20(28)16-19/h5-9,11-12,16,22,28H,3-4,10,13-15,17H2,1-2H3,(H,25,26,29). The van der Waals surface area contributed by atoms with E-state index < -0.39 is 10.0 Å². The predicted octanol–water partition coefficient (Wildman–Crippen LogP) is 4.10. The number of thioether (sulfide) groups is 1. The monoisotopic (exact) mass is 489 g/mol. The molecule has 0 aromatic heterocycles. The van der Waals surface area contributed by atoms with Crippen LogP contribution in [0.4, 0.5) is 0 Å². The lowest BCUT2D eigenvalue weighted by Gasteiger charge is -2.21. The minimum Gasteiger partial charge on any atom is -0.508 e. The lowest BCUT2D eigenvalue weighted by atomic mass is 10.1. The van der Waals surface area contributed by atoms with Gasteiger partial charge in [0, 0.05) is 25.3 Å². The number of benzene rings is 2. The summed E-state index contributed by atoms with van der Waals surface area (Å²) in [6.45, 7) is 4.95. The van der Waals surface area contributed by atoms with E-state index in [0.717, 1.165) is 24.0 Å². The summed E-state index contributed by atoms with van der Waals surface area (Å²) >= 11 is 1.48. The molecule has 7 nitrogen and oxygen atoms in total. The summed E-state index contributed by atoms with van der Waals surface area (Å²) in [6.07, 6.45) is 2.32. The van der Waals surface area contributed by atoms with Gasteiger partial charge in [0.25, 0.3) is 0 Å². The van der Waals surface area contributed by atoms with E-state index in [1.165, 1.54) is 16.1 Å². The van der Waals surface area contributed by atoms with Crippen LogP contribution in [0.15, 0.2) is 58.4 Å². The Morgan fingerprint density at radius 3 is 2.48 bits per heavy atom. The maximum absolute atomic E-state index is 12.9. The Morgan fingerprint density at radius 2 is 1.85 bits per heavy atom. The van der Waals surface area contributed by atoms with Crippen LogP contribution >= 0.6 is 11.8 Å². The third-order valence-electron chi connectivity index (χ3n) is 5.30. The quantitative estimate of drug-likeness (QED) is 0.524. The number of amides is 1. The van der Waals surface area contributed by atoms with Gasteiger partial charge in [0.2, 0.25) is 15.9 Å². The van der Waals surface area contributed by atoms with Crippen molar-refractivity contribution in [1.29, 1.82) is 0 Å². The first kappa shape index (κ1) is 25.3. The molecule has 1 amide bonds. The van der Waals surface area contributed by atoms with Crippen LogP contribution in [0.2, 0.25) is 0 Å². The third kappa shape index (κ3) is 6.82. The minimum atomic E-state index is -3.50. The van der Waals surface area contributed by atoms with Crippen LogP contribution in [-0.4, -0.2) is 47.7 Å². The smallest absolute Gasteiger partial charge is 0.243 e. The number of carbonyl (C=O) groups excluding carboxylic acids is 1.